The molecule has 32 heavy (non-hydrogen) atoms. The van der Waals surface area contributed by atoms with Crippen LogP contribution in [0.15, 0.2) is 47.7 Å². The SMILES string of the molecule is CC#C[C@@H]1CC[C@H]2[C@@H]3CC=C4C=C(OCC)CC[C@@H]4[C@H]3[C@@H](c3ccc(OC)cc3)C[C@]12C. The molecule has 1 aromatic carbocycles. The van der Waals surface area contributed by atoms with Gasteiger partial charge in [0.1, 0.15) is 5.75 Å². The zero-order chi connectivity index (χ0) is 22.3. The summed E-state index contributed by atoms with van der Waals surface area (Å²) in [4.78, 5) is 0. The maximum atomic E-state index is 5.92. The molecule has 0 radical (unpaired) electrons. The monoisotopic (exact) mass is 430 g/mol. The van der Waals surface area contributed by atoms with Crippen molar-refractivity contribution in [1.29, 1.82) is 0 Å². The van der Waals surface area contributed by atoms with Gasteiger partial charge in [-0.3, -0.25) is 0 Å². The fourth-order valence-corrected chi connectivity index (χ4v) is 7.97. The van der Waals surface area contributed by atoms with E-state index in [4.69, 9.17) is 9.47 Å². The molecule has 4 aliphatic rings. The van der Waals surface area contributed by atoms with Gasteiger partial charge in [-0.05, 0) is 110 Å². The molecule has 0 N–H and O–H groups in total. The molecule has 5 rings (SSSR count). The van der Waals surface area contributed by atoms with Crippen molar-refractivity contribution in [2.24, 2.45) is 35.0 Å². The summed E-state index contributed by atoms with van der Waals surface area (Å²) in [5, 5.41) is 0. The molecule has 7 atom stereocenters. The van der Waals surface area contributed by atoms with E-state index in [-0.39, 0.29) is 0 Å². The van der Waals surface area contributed by atoms with Gasteiger partial charge in [-0.25, -0.2) is 0 Å². The normalized spacial score (nSPS) is 37.6. The molecule has 0 heterocycles. The Hall–Kier alpha value is -2.14. The minimum Gasteiger partial charge on any atom is -0.498 e. The van der Waals surface area contributed by atoms with Gasteiger partial charge in [-0.15, -0.1) is 5.92 Å². The van der Waals surface area contributed by atoms with Crippen LogP contribution in [-0.4, -0.2) is 13.7 Å². The van der Waals surface area contributed by atoms with E-state index in [0.29, 0.717) is 29.1 Å². The van der Waals surface area contributed by atoms with Gasteiger partial charge in [0.05, 0.1) is 19.5 Å². The van der Waals surface area contributed by atoms with E-state index in [1.54, 1.807) is 12.7 Å². The number of rotatable bonds is 4. The first-order valence-corrected chi connectivity index (χ1v) is 12.7. The second-order valence-corrected chi connectivity index (χ2v) is 10.6. The van der Waals surface area contributed by atoms with Crippen molar-refractivity contribution in [2.45, 2.75) is 65.2 Å². The summed E-state index contributed by atoms with van der Waals surface area (Å²) in [5.74, 6) is 13.1. The Morgan fingerprint density at radius 1 is 1.09 bits per heavy atom. The lowest BCUT2D eigenvalue weighted by Gasteiger charge is -2.56. The Balaban J connectivity index is 1.56. The average Bonchev–Trinajstić information content (AvgIpc) is 3.14. The quantitative estimate of drug-likeness (QED) is 0.473. The standard InChI is InChI=1S/C30H38O2/c1-5-7-22-11-17-28-26-15-10-21-18-24(32-6-2)14-16-25(21)29(26)27(19-30(22,28)3)20-8-12-23(31-4)13-9-20/h8-10,12-13,18,22,25-29H,6,11,14-17,19H2,1-4H3/t22-,25+,26+,27-,28+,29-,30-/m1/s1. The van der Waals surface area contributed by atoms with Crippen molar-refractivity contribution in [2.75, 3.05) is 13.7 Å². The highest BCUT2D eigenvalue weighted by molar-refractivity contribution is 5.37. The topological polar surface area (TPSA) is 18.5 Å². The third kappa shape index (κ3) is 3.49. The van der Waals surface area contributed by atoms with Crippen molar-refractivity contribution in [1.82, 2.24) is 0 Å². The van der Waals surface area contributed by atoms with Crippen molar-refractivity contribution in [3.63, 3.8) is 0 Å². The van der Waals surface area contributed by atoms with Gasteiger partial charge in [0.15, 0.2) is 0 Å². The summed E-state index contributed by atoms with van der Waals surface area (Å²) >= 11 is 0. The highest BCUT2D eigenvalue weighted by atomic mass is 16.5. The molecule has 0 aliphatic heterocycles. The molecule has 0 unspecified atom stereocenters. The van der Waals surface area contributed by atoms with E-state index in [1.807, 2.05) is 6.92 Å². The Labute approximate surface area is 194 Å². The minimum absolute atomic E-state index is 0.321. The number of allylic oxidation sites excluding steroid dienone is 4. The van der Waals surface area contributed by atoms with E-state index in [9.17, 15) is 0 Å². The van der Waals surface area contributed by atoms with Gasteiger partial charge in [0.2, 0.25) is 0 Å². The number of benzene rings is 1. The molecule has 2 fully saturated rings. The van der Waals surface area contributed by atoms with E-state index >= 15 is 0 Å². The zero-order valence-electron chi connectivity index (χ0n) is 20.2. The maximum absolute atomic E-state index is 5.92. The van der Waals surface area contributed by atoms with Crippen molar-refractivity contribution in [3.8, 4) is 17.6 Å². The Kier molecular flexibility index (Phi) is 5.87. The summed E-state index contributed by atoms with van der Waals surface area (Å²) in [5.41, 5.74) is 3.36. The van der Waals surface area contributed by atoms with Gasteiger partial charge in [0, 0.05) is 12.3 Å². The summed E-state index contributed by atoms with van der Waals surface area (Å²) in [6.07, 6.45) is 12.4. The highest BCUT2D eigenvalue weighted by Gasteiger charge is 2.58. The first kappa shape index (κ1) is 21.7. The summed E-state index contributed by atoms with van der Waals surface area (Å²) in [6, 6.07) is 8.98. The summed E-state index contributed by atoms with van der Waals surface area (Å²) in [7, 11) is 1.76. The van der Waals surface area contributed by atoms with Crippen LogP contribution >= 0.6 is 0 Å². The van der Waals surface area contributed by atoms with Crippen molar-refractivity contribution >= 4 is 0 Å². The average molecular weight is 431 g/mol. The van der Waals surface area contributed by atoms with Gasteiger partial charge in [-0.2, -0.15) is 0 Å². The largest absolute Gasteiger partial charge is 0.498 e. The molecule has 0 saturated heterocycles. The second kappa shape index (κ2) is 8.66. The van der Waals surface area contributed by atoms with Crippen LogP contribution in [0.25, 0.3) is 0 Å². The van der Waals surface area contributed by atoms with E-state index in [1.165, 1.54) is 43.4 Å². The van der Waals surface area contributed by atoms with Crippen LogP contribution in [-0.2, 0) is 4.74 Å². The Bertz CT molecular complexity index is 959. The Morgan fingerprint density at radius 3 is 2.62 bits per heavy atom. The zero-order valence-corrected chi connectivity index (χ0v) is 20.2. The predicted molar refractivity (Wildman–Crippen MR) is 130 cm³/mol. The fraction of sp³-hybridized carbons (Fsp3) is 0.600. The number of hydrogen-bond donors (Lipinski definition) is 0. The van der Waals surface area contributed by atoms with Crippen molar-refractivity contribution < 1.29 is 9.47 Å². The van der Waals surface area contributed by atoms with Gasteiger partial charge < -0.3 is 9.47 Å². The van der Waals surface area contributed by atoms with Crippen LogP contribution in [0, 0.1) is 46.8 Å². The first-order chi connectivity index (χ1) is 15.6. The number of methoxy groups -OCH3 is 1. The minimum atomic E-state index is 0.321. The number of hydrogen-bond acceptors (Lipinski definition) is 2. The van der Waals surface area contributed by atoms with Crippen LogP contribution in [0.4, 0.5) is 0 Å². The van der Waals surface area contributed by atoms with E-state index in [2.05, 4.69) is 62.1 Å². The summed E-state index contributed by atoms with van der Waals surface area (Å²) < 4.78 is 11.4. The molecule has 2 nitrogen and oxygen atoms in total. The lowest BCUT2D eigenvalue weighted by Crippen LogP contribution is -2.49. The molecule has 1 aromatic rings. The Morgan fingerprint density at radius 2 is 1.91 bits per heavy atom. The lowest BCUT2D eigenvalue weighted by atomic mass is 9.48. The predicted octanol–water partition coefficient (Wildman–Crippen LogP) is 7.13. The molecule has 4 aliphatic carbocycles. The fourth-order valence-electron chi connectivity index (χ4n) is 7.97. The van der Waals surface area contributed by atoms with Crippen LogP contribution in [0.5, 0.6) is 5.75 Å². The van der Waals surface area contributed by atoms with Gasteiger partial charge in [0.25, 0.3) is 0 Å². The molecular weight excluding hydrogens is 392 g/mol. The summed E-state index contributed by atoms with van der Waals surface area (Å²) in [6.45, 7) is 7.45. The molecule has 2 heteroatoms. The van der Waals surface area contributed by atoms with Crippen LogP contribution in [0.3, 0.4) is 0 Å². The van der Waals surface area contributed by atoms with Gasteiger partial charge >= 0.3 is 0 Å². The molecule has 0 bridgehead atoms. The van der Waals surface area contributed by atoms with Crippen molar-refractivity contribution in [3.05, 3.63) is 53.3 Å². The molecule has 2 saturated carbocycles. The first-order valence-electron chi connectivity index (χ1n) is 12.7. The van der Waals surface area contributed by atoms with Crippen LogP contribution in [0.1, 0.15) is 70.8 Å². The van der Waals surface area contributed by atoms with Crippen LogP contribution in [0.2, 0.25) is 0 Å². The van der Waals surface area contributed by atoms with Crippen LogP contribution < -0.4 is 4.74 Å². The van der Waals surface area contributed by atoms with Gasteiger partial charge in [-0.1, -0.05) is 31.1 Å². The van der Waals surface area contributed by atoms with E-state index in [0.717, 1.165) is 30.6 Å². The maximum Gasteiger partial charge on any atom is 0.118 e. The third-order valence-electron chi connectivity index (χ3n) is 9.29. The highest BCUT2D eigenvalue weighted by Crippen LogP contribution is 2.66. The molecular formula is C30H38O2. The third-order valence-corrected chi connectivity index (χ3v) is 9.29. The molecule has 0 spiro atoms. The molecule has 170 valence electrons. The number of fused-ring (bicyclic) bond motifs is 5. The molecule has 0 aromatic heterocycles. The molecule has 0 amide bonds. The second-order valence-electron chi connectivity index (χ2n) is 10.6. The lowest BCUT2D eigenvalue weighted by molar-refractivity contribution is -0.0171. The number of ether oxygens (including phenoxy) is 2. The van der Waals surface area contributed by atoms with E-state index < -0.39 is 0 Å². The smallest absolute Gasteiger partial charge is 0.118 e.